The maximum Gasteiger partial charge on any atom is 0.244 e. The number of sulfonamides is 1. The van der Waals surface area contributed by atoms with E-state index in [9.17, 15) is 13.2 Å². The molecule has 8 nitrogen and oxygen atoms in total. The Hall–Kier alpha value is -2.56. The van der Waals surface area contributed by atoms with Crippen molar-refractivity contribution in [1.29, 1.82) is 0 Å². The fourth-order valence-corrected chi connectivity index (χ4v) is 7.00. The Bertz CT molecular complexity index is 1270. The van der Waals surface area contributed by atoms with Crippen LogP contribution in [0.4, 0.5) is 5.69 Å². The van der Waals surface area contributed by atoms with Gasteiger partial charge in [-0.25, -0.2) is 8.42 Å². The molecule has 10 heteroatoms. The fourth-order valence-electron chi connectivity index (χ4n) is 4.04. The number of aromatic nitrogens is 2. The van der Waals surface area contributed by atoms with Gasteiger partial charge in [0.25, 0.3) is 0 Å². The molecule has 3 heterocycles. The van der Waals surface area contributed by atoms with Gasteiger partial charge < -0.3 is 9.84 Å². The second-order valence-corrected chi connectivity index (χ2v) is 12.0. The van der Waals surface area contributed by atoms with E-state index in [1.165, 1.54) is 15.6 Å². The van der Waals surface area contributed by atoms with Gasteiger partial charge >= 0.3 is 0 Å². The molecule has 33 heavy (non-hydrogen) atoms. The van der Waals surface area contributed by atoms with Gasteiger partial charge in [0.15, 0.2) is 0 Å². The molecule has 174 valence electrons. The van der Waals surface area contributed by atoms with Gasteiger partial charge in [0.2, 0.25) is 27.6 Å². The van der Waals surface area contributed by atoms with Crippen molar-refractivity contribution in [3.05, 3.63) is 46.7 Å². The highest BCUT2D eigenvalue weighted by Gasteiger charge is 2.35. The fraction of sp³-hybridized carbons (Fsp3) is 0.435. The van der Waals surface area contributed by atoms with Crippen LogP contribution in [0, 0.1) is 19.8 Å². The molecule has 3 aromatic rings. The van der Waals surface area contributed by atoms with Crippen LogP contribution in [0.15, 0.2) is 39.8 Å². The number of anilines is 1. The summed E-state index contributed by atoms with van der Waals surface area (Å²) in [6, 6.07) is 9.29. The maximum atomic E-state index is 13.3. The number of nitrogens with zero attached hydrogens (tertiary/aromatic N) is 3. The van der Waals surface area contributed by atoms with Gasteiger partial charge in [-0.05, 0) is 57.7 Å². The highest BCUT2D eigenvalue weighted by molar-refractivity contribution is 7.89. The number of nitrogens with one attached hydrogen (secondary N) is 1. The number of hydrogen-bond donors (Lipinski definition) is 1. The molecular formula is C23H26N4O4S2. The zero-order valence-electron chi connectivity index (χ0n) is 18.6. The first kappa shape index (κ1) is 22.2. The van der Waals surface area contributed by atoms with Crippen LogP contribution in [-0.4, -0.2) is 41.9 Å². The first-order valence-electron chi connectivity index (χ1n) is 11.1. The molecule has 0 spiro atoms. The average molecular weight is 487 g/mol. The number of aryl methyl sites for hydroxylation is 2. The normalized spacial score (nSPS) is 17.9. The monoisotopic (exact) mass is 486 g/mol. The summed E-state index contributed by atoms with van der Waals surface area (Å²) in [5.41, 5.74) is 1.88. The molecule has 0 atom stereocenters. The summed E-state index contributed by atoms with van der Waals surface area (Å²) in [6.07, 6.45) is 3.10. The molecule has 1 saturated carbocycles. The number of hydrogen-bond acceptors (Lipinski definition) is 7. The van der Waals surface area contributed by atoms with Crippen LogP contribution in [0.3, 0.4) is 0 Å². The van der Waals surface area contributed by atoms with Crippen molar-refractivity contribution in [1.82, 2.24) is 14.4 Å². The number of piperidine rings is 1. The third-order valence-corrected chi connectivity index (χ3v) is 9.42. The predicted octanol–water partition coefficient (Wildman–Crippen LogP) is 4.33. The highest BCUT2D eigenvalue weighted by atomic mass is 32.2. The summed E-state index contributed by atoms with van der Waals surface area (Å²) < 4.78 is 33.5. The van der Waals surface area contributed by atoms with Crippen LogP contribution in [0.1, 0.15) is 47.9 Å². The molecule has 1 amide bonds. The lowest BCUT2D eigenvalue weighted by atomic mass is 9.97. The molecule has 5 rings (SSSR count). The van der Waals surface area contributed by atoms with Crippen molar-refractivity contribution < 1.29 is 17.7 Å². The number of amides is 1. The summed E-state index contributed by atoms with van der Waals surface area (Å²) in [5, 5.41) is 6.98. The quantitative estimate of drug-likeness (QED) is 0.556. The van der Waals surface area contributed by atoms with Crippen molar-refractivity contribution in [2.24, 2.45) is 5.92 Å². The first-order chi connectivity index (χ1) is 15.8. The van der Waals surface area contributed by atoms with Crippen LogP contribution in [-0.2, 0) is 14.8 Å². The van der Waals surface area contributed by atoms with E-state index in [1.807, 2.05) is 31.2 Å². The number of thiophene rings is 1. The average Bonchev–Trinajstić information content (AvgIpc) is 3.39. The van der Waals surface area contributed by atoms with Crippen molar-refractivity contribution in [3.8, 4) is 10.7 Å². The molecular weight excluding hydrogens is 460 g/mol. The molecule has 0 radical (unpaired) electrons. The third kappa shape index (κ3) is 4.60. The molecule has 0 unspecified atom stereocenters. The maximum absolute atomic E-state index is 13.3. The van der Waals surface area contributed by atoms with E-state index >= 15 is 0 Å². The van der Waals surface area contributed by atoms with Gasteiger partial charge in [-0.2, -0.15) is 9.29 Å². The topological polar surface area (TPSA) is 105 Å². The van der Waals surface area contributed by atoms with E-state index in [0.717, 1.165) is 24.1 Å². The number of carbonyl (C=O) groups is 1. The highest BCUT2D eigenvalue weighted by Crippen LogP contribution is 2.41. The summed E-state index contributed by atoms with van der Waals surface area (Å²) in [7, 11) is -3.66. The lowest BCUT2D eigenvalue weighted by Crippen LogP contribution is -2.41. The van der Waals surface area contributed by atoms with Crippen LogP contribution < -0.4 is 5.32 Å². The zero-order valence-corrected chi connectivity index (χ0v) is 20.2. The lowest BCUT2D eigenvalue weighted by Gasteiger charge is -2.30. The molecule has 1 N–H and O–H groups in total. The number of rotatable bonds is 6. The predicted molar refractivity (Wildman–Crippen MR) is 126 cm³/mol. The van der Waals surface area contributed by atoms with Gasteiger partial charge in [-0.1, -0.05) is 22.9 Å². The van der Waals surface area contributed by atoms with E-state index < -0.39 is 10.0 Å². The largest absolute Gasteiger partial charge is 0.339 e. The first-order valence-corrected chi connectivity index (χ1v) is 13.4. The van der Waals surface area contributed by atoms with E-state index in [2.05, 4.69) is 15.5 Å². The summed E-state index contributed by atoms with van der Waals surface area (Å²) in [6.45, 7) is 4.41. The van der Waals surface area contributed by atoms with Gasteiger partial charge in [-0.15, -0.1) is 11.3 Å². The Labute approximate surface area is 197 Å². The standard InChI is InChI=1S/C23H26N4O4S2/c1-14-3-7-18(8-4-14)24-22(28)16-9-11-27(12-10-16)33(29,30)20-13-19(32-15(20)2)21-25-23(31-26-21)17-5-6-17/h3-4,7-8,13,16-17H,5-6,9-12H2,1-2H3,(H,24,28). The zero-order chi connectivity index (χ0) is 23.2. The Morgan fingerprint density at radius 2 is 1.82 bits per heavy atom. The molecule has 2 aromatic heterocycles. The molecule has 1 aliphatic heterocycles. The van der Waals surface area contributed by atoms with Crippen molar-refractivity contribution in [3.63, 3.8) is 0 Å². The van der Waals surface area contributed by atoms with Crippen LogP contribution >= 0.6 is 11.3 Å². The minimum absolute atomic E-state index is 0.0616. The number of carbonyl (C=O) groups excluding carboxylic acids is 1. The van der Waals surface area contributed by atoms with E-state index in [1.54, 1.807) is 13.0 Å². The van der Waals surface area contributed by atoms with E-state index in [0.29, 0.717) is 53.3 Å². The Kier molecular flexibility index (Phi) is 5.84. The van der Waals surface area contributed by atoms with Crippen molar-refractivity contribution >= 4 is 33.0 Å². The van der Waals surface area contributed by atoms with E-state index in [4.69, 9.17) is 4.52 Å². The summed E-state index contributed by atoms with van der Waals surface area (Å²) >= 11 is 1.36. The molecule has 2 fully saturated rings. The van der Waals surface area contributed by atoms with Gasteiger partial charge in [0, 0.05) is 35.5 Å². The molecule has 1 aliphatic carbocycles. The molecule has 1 saturated heterocycles. The van der Waals surface area contributed by atoms with Crippen molar-refractivity contribution in [2.45, 2.75) is 50.3 Å². The number of benzene rings is 1. The van der Waals surface area contributed by atoms with Gasteiger partial charge in [0.1, 0.15) is 0 Å². The Morgan fingerprint density at radius 3 is 2.48 bits per heavy atom. The lowest BCUT2D eigenvalue weighted by molar-refractivity contribution is -0.120. The van der Waals surface area contributed by atoms with Crippen molar-refractivity contribution in [2.75, 3.05) is 18.4 Å². The van der Waals surface area contributed by atoms with Gasteiger partial charge in [-0.3, -0.25) is 4.79 Å². The molecule has 0 bridgehead atoms. The summed E-state index contributed by atoms with van der Waals surface area (Å²) in [5.74, 6) is 1.15. The second kappa shape index (κ2) is 8.66. The SMILES string of the molecule is Cc1ccc(NC(=O)C2CCN(S(=O)(=O)c3cc(-c4noc(C5CC5)n4)sc3C)CC2)cc1. The summed E-state index contributed by atoms with van der Waals surface area (Å²) in [4.78, 5) is 18.8. The third-order valence-electron chi connectivity index (χ3n) is 6.22. The smallest absolute Gasteiger partial charge is 0.244 e. The minimum Gasteiger partial charge on any atom is -0.339 e. The van der Waals surface area contributed by atoms with Crippen LogP contribution in [0.2, 0.25) is 0 Å². The van der Waals surface area contributed by atoms with E-state index in [-0.39, 0.29) is 16.7 Å². The van der Waals surface area contributed by atoms with Crippen LogP contribution in [0.5, 0.6) is 0 Å². The second-order valence-electron chi connectivity index (χ2n) is 8.80. The van der Waals surface area contributed by atoms with Crippen LogP contribution in [0.25, 0.3) is 10.7 Å². The van der Waals surface area contributed by atoms with Gasteiger partial charge in [0.05, 0.1) is 9.77 Å². The minimum atomic E-state index is -3.66. The Morgan fingerprint density at radius 1 is 1.12 bits per heavy atom. The molecule has 2 aliphatic rings. The Balaban J connectivity index is 1.25. The molecule has 1 aromatic carbocycles.